The van der Waals surface area contributed by atoms with Gasteiger partial charge in [-0.05, 0) is 42.5 Å². The Kier molecular flexibility index (Phi) is 9.12. The minimum atomic E-state index is -3.96. The Labute approximate surface area is 219 Å². The molecule has 0 spiro atoms. The van der Waals surface area contributed by atoms with E-state index in [4.69, 9.17) is 15.3 Å². The first-order valence-electron chi connectivity index (χ1n) is 10.5. The summed E-state index contributed by atoms with van der Waals surface area (Å²) in [7, 11) is -2.69. The molecule has 0 atom stereocenters. The standard InChI is InChI=1S/C23H20BrN5O5S2/c1-34-21(30)15-29-19-9-6-17(24)14-20(19)35-23(29)27-22(31)16-4-7-18(8-5-16)36(32,33)28(12-2-10-25)13-3-11-26/h4-9,14H,2-3,12-13,15H2,1H3. The third-order valence-corrected chi connectivity index (χ3v) is 8.49. The lowest BCUT2D eigenvalue weighted by Gasteiger charge is -2.20. The first-order valence-corrected chi connectivity index (χ1v) is 13.5. The van der Waals surface area contributed by atoms with Gasteiger partial charge in [0.15, 0.2) is 4.80 Å². The molecule has 13 heteroatoms. The number of thiazole rings is 1. The van der Waals surface area contributed by atoms with E-state index in [0.29, 0.717) is 5.52 Å². The molecule has 0 fully saturated rings. The van der Waals surface area contributed by atoms with Crippen molar-refractivity contribution in [3.63, 3.8) is 0 Å². The van der Waals surface area contributed by atoms with Crippen LogP contribution in [0.3, 0.4) is 0 Å². The summed E-state index contributed by atoms with van der Waals surface area (Å²) in [4.78, 5) is 29.3. The minimum Gasteiger partial charge on any atom is -0.468 e. The SMILES string of the molecule is COC(=O)Cn1c(=NC(=O)c2ccc(S(=O)(=O)N(CCC#N)CCC#N)cc2)sc2cc(Br)ccc21. The summed E-state index contributed by atoms with van der Waals surface area (Å²) in [6, 6.07) is 14.5. The van der Waals surface area contributed by atoms with Crippen LogP contribution in [0, 0.1) is 22.7 Å². The van der Waals surface area contributed by atoms with Crippen LogP contribution in [0.5, 0.6) is 0 Å². The average Bonchev–Trinajstić information content (AvgIpc) is 3.19. The van der Waals surface area contributed by atoms with Crippen LogP contribution in [0.1, 0.15) is 23.2 Å². The number of aromatic nitrogens is 1. The van der Waals surface area contributed by atoms with E-state index in [1.807, 2.05) is 24.3 Å². The molecular weight excluding hydrogens is 570 g/mol. The highest BCUT2D eigenvalue weighted by Gasteiger charge is 2.24. The molecule has 0 aliphatic carbocycles. The fraction of sp³-hybridized carbons (Fsp3) is 0.261. The predicted molar refractivity (Wildman–Crippen MR) is 135 cm³/mol. The highest BCUT2D eigenvalue weighted by molar-refractivity contribution is 9.10. The number of ether oxygens (including phenoxy) is 1. The topological polar surface area (TPSA) is 146 Å². The number of benzene rings is 2. The molecule has 0 saturated carbocycles. The maximum absolute atomic E-state index is 13.0. The number of hydrogen-bond donors (Lipinski definition) is 0. The lowest BCUT2D eigenvalue weighted by atomic mass is 10.2. The molecule has 0 saturated heterocycles. The number of amides is 1. The summed E-state index contributed by atoms with van der Waals surface area (Å²) in [6.07, 6.45) is -0.0329. The molecule has 0 unspecified atom stereocenters. The number of sulfonamides is 1. The number of fused-ring (bicyclic) bond motifs is 1. The molecule has 1 aromatic heterocycles. The van der Waals surface area contributed by atoms with Crippen LogP contribution in [-0.2, 0) is 26.1 Å². The Hall–Kier alpha value is -3.36. The van der Waals surface area contributed by atoms with Crippen molar-refractivity contribution in [1.82, 2.24) is 8.87 Å². The first-order chi connectivity index (χ1) is 17.2. The van der Waals surface area contributed by atoms with Crippen LogP contribution in [0.4, 0.5) is 0 Å². The predicted octanol–water partition coefficient (Wildman–Crippen LogP) is 3.20. The molecule has 0 N–H and O–H groups in total. The maximum Gasteiger partial charge on any atom is 0.325 e. The maximum atomic E-state index is 13.0. The zero-order chi connectivity index (χ0) is 26.3. The number of carbonyl (C=O) groups excluding carboxylic acids is 2. The number of nitrogens with zero attached hydrogens (tertiary/aromatic N) is 5. The van der Waals surface area contributed by atoms with Gasteiger partial charge in [0.25, 0.3) is 5.91 Å². The number of halogens is 1. The number of methoxy groups -OCH3 is 1. The molecule has 0 aliphatic heterocycles. The zero-order valence-electron chi connectivity index (χ0n) is 19.0. The largest absolute Gasteiger partial charge is 0.468 e. The number of rotatable bonds is 9. The summed E-state index contributed by atoms with van der Waals surface area (Å²) < 4.78 is 35.0. The Morgan fingerprint density at radius 3 is 2.33 bits per heavy atom. The highest BCUT2D eigenvalue weighted by atomic mass is 79.9. The van der Waals surface area contributed by atoms with E-state index < -0.39 is 21.9 Å². The molecule has 36 heavy (non-hydrogen) atoms. The number of hydrogen-bond acceptors (Lipinski definition) is 8. The Bertz CT molecular complexity index is 1530. The smallest absolute Gasteiger partial charge is 0.325 e. The van der Waals surface area contributed by atoms with Gasteiger partial charge in [-0.25, -0.2) is 8.42 Å². The molecule has 0 bridgehead atoms. The third-order valence-electron chi connectivity index (χ3n) is 5.04. The van der Waals surface area contributed by atoms with Gasteiger partial charge in [-0.3, -0.25) is 9.59 Å². The van der Waals surface area contributed by atoms with Crippen molar-refractivity contribution in [1.29, 1.82) is 10.5 Å². The second-order valence-electron chi connectivity index (χ2n) is 7.32. The fourth-order valence-electron chi connectivity index (χ4n) is 3.25. The van der Waals surface area contributed by atoms with Crippen molar-refractivity contribution in [3.8, 4) is 12.1 Å². The van der Waals surface area contributed by atoms with Gasteiger partial charge < -0.3 is 9.30 Å². The molecule has 1 heterocycles. The third kappa shape index (κ3) is 6.25. The summed E-state index contributed by atoms with van der Waals surface area (Å²) in [5, 5.41) is 17.6. The van der Waals surface area contributed by atoms with Crippen LogP contribution in [0.25, 0.3) is 10.2 Å². The molecule has 1 amide bonds. The molecule has 3 rings (SSSR count). The molecule has 10 nitrogen and oxygen atoms in total. The monoisotopic (exact) mass is 589 g/mol. The van der Waals surface area contributed by atoms with Gasteiger partial charge in [-0.2, -0.15) is 19.8 Å². The van der Waals surface area contributed by atoms with Crippen molar-refractivity contribution in [2.24, 2.45) is 4.99 Å². The van der Waals surface area contributed by atoms with Gasteiger partial charge in [0.1, 0.15) is 6.54 Å². The Morgan fingerprint density at radius 2 is 1.75 bits per heavy atom. The normalized spacial score (nSPS) is 11.9. The van der Waals surface area contributed by atoms with Crippen molar-refractivity contribution in [2.75, 3.05) is 20.2 Å². The average molecular weight is 590 g/mol. The quantitative estimate of drug-likeness (QED) is 0.348. The van der Waals surface area contributed by atoms with Crippen molar-refractivity contribution in [3.05, 3.63) is 57.3 Å². The van der Waals surface area contributed by atoms with E-state index in [1.54, 1.807) is 10.6 Å². The van der Waals surface area contributed by atoms with E-state index in [1.165, 1.54) is 42.7 Å². The Morgan fingerprint density at radius 1 is 1.11 bits per heavy atom. The second-order valence-corrected chi connectivity index (χ2v) is 11.2. The lowest BCUT2D eigenvalue weighted by Crippen LogP contribution is -2.32. The van der Waals surface area contributed by atoms with Gasteiger partial charge in [0.2, 0.25) is 10.0 Å². The summed E-state index contributed by atoms with van der Waals surface area (Å²) in [5.41, 5.74) is 0.856. The van der Waals surface area contributed by atoms with Crippen molar-refractivity contribution < 1.29 is 22.7 Å². The molecular formula is C23H20BrN5O5S2. The molecule has 186 valence electrons. The van der Waals surface area contributed by atoms with Gasteiger partial charge in [-0.1, -0.05) is 27.3 Å². The van der Waals surface area contributed by atoms with Crippen LogP contribution in [0.15, 0.2) is 56.8 Å². The van der Waals surface area contributed by atoms with E-state index in [-0.39, 0.29) is 47.7 Å². The van der Waals surface area contributed by atoms with Crippen LogP contribution < -0.4 is 4.80 Å². The summed E-state index contributed by atoms with van der Waals surface area (Å²) in [5.74, 6) is -1.12. The summed E-state index contributed by atoms with van der Waals surface area (Å²) >= 11 is 4.63. The van der Waals surface area contributed by atoms with Gasteiger partial charge in [0.05, 0.1) is 34.4 Å². The summed E-state index contributed by atoms with van der Waals surface area (Å²) in [6.45, 7) is -0.222. The number of nitriles is 2. The van der Waals surface area contributed by atoms with E-state index in [0.717, 1.165) is 13.5 Å². The number of carbonyl (C=O) groups is 2. The first kappa shape index (κ1) is 27.2. The minimum absolute atomic E-state index is 0.0164. The van der Waals surface area contributed by atoms with E-state index in [9.17, 15) is 18.0 Å². The molecule has 0 radical (unpaired) electrons. The molecule has 0 aliphatic rings. The fourth-order valence-corrected chi connectivity index (χ4v) is 6.27. The van der Waals surface area contributed by atoms with Crippen LogP contribution >= 0.6 is 27.3 Å². The zero-order valence-corrected chi connectivity index (χ0v) is 22.3. The van der Waals surface area contributed by atoms with Crippen molar-refractivity contribution >= 4 is 59.4 Å². The van der Waals surface area contributed by atoms with E-state index in [2.05, 4.69) is 20.9 Å². The van der Waals surface area contributed by atoms with Crippen molar-refractivity contribution in [2.45, 2.75) is 24.3 Å². The lowest BCUT2D eigenvalue weighted by molar-refractivity contribution is -0.141. The van der Waals surface area contributed by atoms with Crippen LogP contribution in [0.2, 0.25) is 0 Å². The molecule has 2 aromatic carbocycles. The number of esters is 1. The van der Waals surface area contributed by atoms with Gasteiger partial charge in [0, 0.05) is 36.0 Å². The van der Waals surface area contributed by atoms with Gasteiger partial charge >= 0.3 is 5.97 Å². The highest BCUT2D eigenvalue weighted by Crippen LogP contribution is 2.23. The Balaban J connectivity index is 1.95. The van der Waals surface area contributed by atoms with Gasteiger partial charge in [-0.15, -0.1) is 0 Å². The van der Waals surface area contributed by atoms with E-state index >= 15 is 0 Å². The molecule has 3 aromatic rings. The van der Waals surface area contributed by atoms with Crippen LogP contribution in [-0.4, -0.2) is 49.4 Å². The second kappa shape index (κ2) is 12.1.